The molecule has 0 saturated heterocycles. The predicted molar refractivity (Wildman–Crippen MR) is 87.7 cm³/mol. The van der Waals surface area contributed by atoms with Gasteiger partial charge in [-0.2, -0.15) is 0 Å². The molecule has 0 aliphatic heterocycles. The van der Waals surface area contributed by atoms with Gasteiger partial charge in [-0.3, -0.25) is 9.78 Å². The van der Waals surface area contributed by atoms with Gasteiger partial charge in [-0.1, -0.05) is 38.1 Å². The van der Waals surface area contributed by atoms with Gasteiger partial charge in [-0.15, -0.1) is 0 Å². The zero-order chi connectivity index (χ0) is 17.0. The van der Waals surface area contributed by atoms with Gasteiger partial charge in [0.15, 0.2) is 0 Å². The van der Waals surface area contributed by atoms with Crippen LogP contribution in [0.2, 0.25) is 0 Å². The molecule has 0 aliphatic carbocycles. The highest BCUT2D eigenvalue weighted by atomic mass is 16.4. The highest BCUT2D eigenvalue weighted by Gasteiger charge is 2.23. The van der Waals surface area contributed by atoms with Crippen LogP contribution in [0.1, 0.15) is 45.8 Å². The van der Waals surface area contributed by atoms with Gasteiger partial charge in [-0.05, 0) is 30.2 Å². The van der Waals surface area contributed by atoms with Crippen LogP contribution in [0.15, 0.2) is 42.6 Å². The molecule has 0 atom stereocenters. The number of hydrogen-bond acceptors (Lipinski definition) is 3. The number of aromatic carboxylic acids is 1. The van der Waals surface area contributed by atoms with E-state index in [0.717, 1.165) is 11.1 Å². The Bertz CT molecular complexity index is 739. The number of aromatic nitrogens is 1. The van der Waals surface area contributed by atoms with Crippen molar-refractivity contribution in [2.24, 2.45) is 0 Å². The summed E-state index contributed by atoms with van der Waals surface area (Å²) in [6.45, 7) is 6.57. The van der Waals surface area contributed by atoms with Gasteiger partial charge in [0.05, 0.1) is 5.56 Å². The molecule has 2 N–H and O–H groups in total. The number of carboxylic acid groups (broad SMARTS) is 1. The fourth-order valence-electron chi connectivity index (χ4n) is 2.51. The number of nitrogens with one attached hydrogen (secondary N) is 1. The normalized spacial score (nSPS) is 11.1. The Labute approximate surface area is 135 Å². The third-order valence-corrected chi connectivity index (χ3v) is 3.80. The van der Waals surface area contributed by atoms with E-state index in [1.807, 2.05) is 31.2 Å². The van der Waals surface area contributed by atoms with Crippen LogP contribution in [-0.2, 0) is 5.41 Å². The molecule has 5 heteroatoms. The number of nitrogens with zero attached hydrogens (tertiary/aromatic N) is 1. The molecule has 1 aromatic carbocycles. The summed E-state index contributed by atoms with van der Waals surface area (Å²) in [5.41, 5.74) is 2.23. The van der Waals surface area contributed by atoms with Crippen LogP contribution in [0.5, 0.6) is 0 Å². The standard InChI is InChI=1S/C18H20N2O3/c1-12-6-4-5-7-14(12)18(2,3)11-20-16(21)15-10-13(17(22)23)8-9-19-15/h4-10H,11H2,1-3H3,(H,20,21)(H,22,23). The van der Waals surface area contributed by atoms with Gasteiger partial charge in [0.25, 0.3) is 5.91 Å². The van der Waals surface area contributed by atoms with E-state index in [-0.39, 0.29) is 22.6 Å². The van der Waals surface area contributed by atoms with Gasteiger partial charge in [0.1, 0.15) is 5.69 Å². The second kappa shape index (κ2) is 6.60. The molecular formula is C18H20N2O3. The predicted octanol–water partition coefficient (Wildman–Crippen LogP) is 2.80. The Kier molecular flexibility index (Phi) is 4.79. The minimum Gasteiger partial charge on any atom is -0.478 e. The number of rotatable bonds is 5. The maximum absolute atomic E-state index is 12.2. The van der Waals surface area contributed by atoms with E-state index in [4.69, 9.17) is 5.11 Å². The average molecular weight is 312 g/mol. The number of aryl methyl sites for hydroxylation is 1. The van der Waals surface area contributed by atoms with Crippen LogP contribution in [0.3, 0.4) is 0 Å². The van der Waals surface area contributed by atoms with Gasteiger partial charge in [-0.25, -0.2) is 4.79 Å². The van der Waals surface area contributed by atoms with Crippen LogP contribution in [0.4, 0.5) is 0 Å². The lowest BCUT2D eigenvalue weighted by Gasteiger charge is -2.27. The summed E-state index contributed by atoms with van der Waals surface area (Å²) < 4.78 is 0. The lowest BCUT2D eigenvalue weighted by Crippen LogP contribution is -2.37. The molecule has 120 valence electrons. The summed E-state index contributed by atoms with van der Waals surface area (Å²) in [4.78, 5) is 27.1. The fraction of sp³-hybridized carbons (Fsp3) is 0.278. The number of amides is 1. The summed E-state index contributed by atoms with van der Waals surface area (Å²) in [7, 11) is 0. The Morgan fingerprint density at radius 2 is 1.91 bits per heavy atom. The zero-order valence-electron chi connectivity index (χ0n) is 13.5. The molecule has 23 heavy (non-hydrogen) atoms. The number of carbonyl (C=O) groups excluding carboxylic acids is 1. The largest absolute Gasteiger partial charge is 0.478 e. The maximum atomic E-state index is 12.2. The second-order valence-electron chi connectivity index (χ2n) is 6.12. The number of pyridine rings is 1. The zero-order valence-corrected chi connectivity index (χ0v) is 13.5. The molecule has 1 heterocycles. The lowest BCUT2D eigenvalue weighted by atomic mass is 9.82. The van der Waals surface area contributed by atoms with Gasteiger partial charge < -0.3 is 10.4 Å². The molecular weight excluding hydrogens is 292 g/mol. The van der Waals surface area contributed by atoms with E-state index in [2.05, 4.69) is 24.1 Å². The molecule has 2 aromatic rings. The average Bonchev–Trinajstić information content (AvgIpc) is 2.53. The van der Waals surface area contributed by atoms with Crippen molar-refractivity contribution in [3.63, 3.8) is 0 Å². The Morgan fingerprint density at radius 1 is 1.22 bits per heavy atom. The molecule has 5 nitrogen and oxygen atoms in total. The number of carbonyl (C=O) groups is 2. The number of hydrogen-bond donors (Lipinski definition) is 2. The smallest absolute Gasteiger partial charge is 0.335 e. The molecule has 1 amide bonds. The van der Waals surface area contributed by atoms with Crippen LogP contribution >= 0.6 is 0 Å². The fourth-order valence-corrected chi connectivity index (χ4v) is 2.51. The minimum absolute atomic E-state index is 0.0447. The minimum atomic E-state index is -1.08. The van der Waals surface area contributed by atoms with Gasteiger partial charge in [0, 0.05) is 18.2 Å². The van der Waals surface area contributed by atoms with Crippen molar-refractivity contribution in [3.05, 3.63) is 65.0 Å². The SMILES string of the molecule is Cc1ccccc1C(C)(C)CNC(=O)c1cc(C(=O)O)ccn1. The van der Waals surface area contributed by atoms with Crippen LogP contribution < -0.4 is 5.32 Å². The summed E-state index contributed by atoms with van der Waals surface area (Å²) >= 11 is 0. The van der Waals surface area contributed by atoms with Crippen molar-refractivity contribution in [2.45, 2.75) is 26.2 Å². The maximum Gasteiger partial charge on any atom is 0.335 e. The summed E-state index contributed by atoms with van der Waals surface area (Å²) in [6.07, 6.45) is 1.32. The monoisotopic (exact) mass is 312 g/mol. The van der Waals surface area contributed by atoms with E-state index in [0.29, 0.717) is 6.54 Å². The van der Waals surface area contributed by atoms with E-state index >= 15 is 0 Å². The van der Waals surface area contributed by atoms with Crippen molar-refractivity contribution < 1.29 is 14.7 Å². The summed E-state index contributed by atoms with van der Waals surface area (Å²) in [5.74, 6) is -1.46. The second-order valence-corrected chi connectivity index (χ2v) is 6.12. The first-order valence-electron chi connectivity index (χ1n) is 7.35. The third-order valence-electron chi connectivity index (χ3n) is 3.80. The summed E-state index contributed by atoms with van der Waals surface area (Å²) in [6, 6.07) is 10.7. The Morgan fingerprint density at radius 3 is 2.57 bits per heavy atom. The topological polar surface area (TPSA) is 79.3 Å². The first-order chi connectivity index (χ1) is 10.8. The van der Waals surface area contributed by atoms with Crippen LogP contribution in [-0.4, -0.2) is 28.5 Å². The van der Waals surface area contributed by atoms with Gasteiger partial charge >= 0.3 is 5.97 Å². The first-order valence-corrected chi connectivity index (χ1v) is 7.35. The van der Waals surface area contributed by atoms with Crippen LogP contribution in [0, 0.1) is 6.92 Å². The molecule has 0 aliphatic rings. The Balaban J connectivity index is 2.11. The molecule has 0 bridgehead atoms. The van der Waals surface area contributed by atoms with Crippen LogP contribution in [0.25, 0.3) is 0 Å². The molecule has 0 saturated carbocycles. The highest BCUT2D eigenvalue weighted by molar-refractivity contribution is 5.95. The van der Waals surface area contributed by atoms with E-state index in [1.54, 1.807) is 0 Å². The molecule has 0 spiro atoms. The summed E-state index contributed by atoms with van der Waals surface area (Å²) in [5, 5.41) is 11.8. The van der Waals surface area contributed by atoms with Crippen molar-refractivity contribution in [3.8, 4) is 0 Å². The van der Waals surface area contributed by atoms with Crippen molar-refractivity contribution in [2.75, 3.05) is 6.54 Å². The first kappa shape index (κ1) is 16.7. The van der Waals surface area contributed by atoms with E-state index in [1.165, 1.54) is 18.3 Å². The highest BCUT2D eigenvalue weighted by Crippen LogP contribution is 2.25. The van der Waals surface area contributed by atoms with E-state index < -0.39 is 5.97 Å². The molecule has 0 unspecified atom stereocenters. The molecule has 0 fully saturated rings. The number of benzene rings is 1. The molecule has 1 aromatic heterocycles. The van der Waals surface area contributed by atoms with Crippen molar-refractivity contribution in [1.82, 2.24) is 10.3 Å². The number of carboxylic acids is 1. The van der Waals surface area contributed by atoms with Crippen molar-refractivity contribution >= 4 is 11.9 Å². The quantitative estimate of drug-likeness (QED) is 0.889. The molecule has 0 radical (unpaired) electrons. The van der Waals surface area contributed by atoms with Crippen molar-refractivity contribution in [1.29, 1.82) is 0 Å². The lowest BCUT2D eigenvalue weighted by molar-refractivity contribution is 0.0696. The third kappa shape index (κ3) is 3.94. The Hall–Kier alpha value is -2.69. The van der Waals surface area contributed by atoms with Gasteiger partial charge in [0.2, 0.25) is 0 Å². The van der Waals surface area contributed by atoms with E-state index in [9.17, 15) is 9.59 Å². The molecule has 2 rings (SSSR count).